The average molecular weight is 441 g/mol. The van der Waals surface area contributed by atoms with Crippen LogP contribution < -0.4 is 14.8 Å². The molecule has 1 amide bonds. The lowest BCUT2D eigenvalue weighted by molar-refractivity contribution is -0.132. The molecule has 1 aromatic heterocycles. The van der Waals surface area contributed by atoms with Crippen LogP contribution in [0.15, 0.2) is 79.0 Å². The van der Waals surface area contributed by atoms with E-state index in [4.69, 9.17) is 9.47 Å². The van der Waals surface area contributed by atoms with Crippen LogP contribution in [0.3, 0.4) is 0 Å². The van der Waals surface area contributed by atoms with E-state index in [-0.39, 0.29) is 5.91 Å². The van der Waals surface area contributed by atoms with Gasteiger partial charge in [-0.25, -0.2) is 0 Å². The van der Waals surface area contributed by atoms with Crippen molar-refractivity contribution in [2.75, 3.05) is 12.4 Å². The number of anilines is 1. The van der Waals surface area contributed by atoms with E-state index in [9.17, 15) is 9.59 Å². The number of methoxy groups -OCH3 is 1. The van der Waals surface area contributed by atoms with Crippen LogP contribution >= 0.6 is 0 Å². The van der Waals surface area contributed by atoms with Crippen molar-refractivity contribution in [3.8, 4) is 11.5 Å². The predicted molar refractivity (Wildman–Crippen MR) is 127 cm³/mol. The third kappa shape index (κ3) is 5.46. The van der Waals surface area contributed by atoms with E-state index in [0.29, 0.717) is 29.3 Å². The van der Waals surface area contributed by atoms with Crippen LogP contribution in [0.4, 0.5) is 5.69 Å². The summed E-state index contributed by atoms with van der Waals surface area (Å²) in [5.74, 6) is -0.0252. The molecule has 7 nitrogen and oxygen atoms in total. The number of nitrogens with one attached hydrogen (secondary N) is 1. The number of hydrogen-bond donors (Lipinski definition) is 1. The molecule has 0 saturated carbocycles. The summed E-state index contributed by atoms with van der Waals surface area (Å²) in [6.07, 6.45) is 5.01. The largest absolute Gasteiger partial charge is 0.493 e. The van der Waals surface area contributed by atoms with Crippen molar-refractivity contribution < 1.29 is 19.1 Å². The smallest absolute Gasteiger partial charge is 0.308 e. The SMILES string of the molecule is COc1ccc(C=CC(=O)Nc2cccc3cn(Cc4ccccc4)nc23)cc1OC(C)=O. The van der Waals surface area contributed by atoms with Crippen molar-refractivity contribution in [2.24, 2.45) is 0 Å². The maximum absolute atomic E-state index is 12.6. The van der Waals surface area contributed by atoms with Crippen molar-refractivity contribution in [1.82, 2.24) is 9.78 Å². The van der Waals surface area contributed by atoms with E-state index in [1.807, 2.05) is 59.4 Å². The van der Waals surface area contributed by atoms with Gasteiger partial charge in [-0.05, 0) is 35.4 Å². The van der Waals surface area contributed by atoms with Crippen LogP contribution in [0.25, 0.3) is 17.0 Å². The molecule has 3 aromatic carbocycles. The molecule has 0 unspecified atom stereocenters. The Labute approximate surface area is 191 Å². The Morgan fingerprint density at radius 3 is 2.61 bits per heavy atom. The Kier molecular flexibility index (Phi) is 6.50. The maximum atomic E-state index is 12.6. The fourth-order valence-corrected chi connectivity index (χ4v) is 3.43. The summed E-state index contributed by atoms with van der Waals surface area (Å²) in [6, 6.07) is 20.8. The monoisotopic (exact) mass is 441 g/mol. The summed E-state index contributed by atoms with van der Waals surface area (Å²) in [7, 11) is 1.49. The van der Waals surface area contributed by atoms with Gasteiger partial charge in [0.25, 0.3) is 0 Å². The van der Waals surface area contributed by atoms with Crippen molar-refractivity contribution in [3.63, 3.8) is 0 Å². The van der Waals surface area contributed by atoms with Gasteiger partial charge in [0, 0.05) is 24.6 Å². The second-order valence-electron chi connectivity index (χ2n) is 7.38. The molecule has 7 heteroatoms. The van der Waals surface area contributed by atoms with E-state index < -0.39 is 5.97 Å². The van der Waals surface area contributed by atoms with E-state index in [1.165, 1.54) is 20.1 Å². The third-order valence-corrected chi connectivity index (χ3v) is 4.90. The first kappa shape index (κ1) is 21.8. The van der Waals surface area contributed by atoms with Crippen molar-refractivity contribution >= 4 is 34.5 Å². The Morgan fingerprint density at radius 2 is 1.85 bits per heavy atom. The van der Waals surface area contributed by atoms with Crippen LogP contribution in [0.1, 0.15) is 18.1 Å². The predicted octanol–water partition coefficient (Wildman–Crippen LogP) is 4.67. The fourth-order valence-electron chi connectivity index (χ4n) is 3.43. The molecule has 0 aliphatic heterocycles. The first-order valence-electron chi connectivity index (χ1n) is 10.4. The summed E-state index contributed by atoms with van der Waals surface area (Å²) in [4.78, 5) is 23.9. The summed E-state index contributed by atoms with van der Waals surface area (Å²) >= 11 is 0. The Balaban J connectivity index is 1.50. The number of carbonyl (C=O) groups excluding carboxylic acids is 2. The molecule has 4 aromatic rings. The van der Waals surface area contributed by atoms with Gasteiger partial charge in [-0.1, -0.05) is 48.5 Å². The highest BCUT2D eigenvalue weighted by molar-refractivity contribution is 6.06. The molecular weight excluding hydrogens is 418 g/mol. The topological polar surface area (TPSA) is 82.4 Å². The molecule has 0 atom stereocenters. The lowest BCUT2D eigenvalue weighted by Gasteiger charge is -2.08. The number of aromatic nitrogens is 2. The molecule has 0 saturated heterocycles. The molecule has 33 heavy (non-hydrogen) atoms. The molecule has 0 aliphatic rings. The Morgan fingerprint density at radius 1 is 1.03 bits per heavy atom. The van der Waals surface area contributed by atoms with Crippen LogP contribution in [0.5, 0.6) is 11.5 Å². The number of ether oxygens (including phenoxy) is 2. The number of fused-ring (bicyclic) bond motifs is 1. The van der Waals surface area contributed by atoms with Gasteiger partial charge in [-0.2, -0.15) is 5.10 Å². The van der Waals surface area contributed by atoms with Gasteiger partial charge in [0.2, 0.25) is 5.91 Å². The second-order valence-corrected chi connectivity index (χ2v) is 7.38. The van der Waals surface area contributed by atoms with Crippen molar-refractivity contribution in [2.45, 2.75) is 13.5 Å². The molecule has 0 spiro atoms. The van der Waals surface area contributed by atoms with Gasteiger partial charge in [-0.3, -0.25) is 14.3 Å². The number of rotatable bonds is 7. The molecule has 0 bridgehead atoms. The Hall–Kier alpha value is -4.39. The number of esters is 1. The quantitative estimate of drug-likeness (QED) is 0.256. The minimum atomic E-state index is -0.452. The molecule has 0 radical (unpaired) electrons. The molecular formula is C26H23N3O4. The third-order valence-electron chi connectivity index (χ3n) is 4.90. The summed E-state index contributed by atoms with van der Waals surface area (Å²) in [5, 5.41) is 8.48. The van der Waals surface area contributed by atoms with Gasteiger partial charge in [-0.15, -0.1) is 0 Å². The zero-order chi connectivity index (χ0) is 23.2. The normalized spacial score (nSPS) is 11.0. The first-order valence-corrected chi connectivity index (χ1v) is 10.4. The van der Waals surface area contributed by atoms with Gasteiger partial charge >= 0.3 is 5.97 Å². The van der Waals surface area contributed by atoms with Crippen molar-refractivity contribution in [3.05, 3.63) is 90.1 Å². The maximum Gasteiger partial charge on any atom is 0.308 e. The molecule has 1 N–H and O–H groups in total. The molecule has 0 aliphatic carbocycles. The second kappa shape index (κ2) is 9.82. The van der Waals surface area contributed by atoms with Gasteiger partial charge in [0.1, 0.15) is 5.52 Å². The zero-order valence-corrected chi connectivity index (χ0v) is 18.3. The van der Waals surface area contributed by atoms with Crippen LogP contribution in [0.2, 0.25) is 0 Å². The first-order chi connectivity index (χ1) is 16.0. The average Bonchev–Trinajstić information content (AvgIpc) is 3.21. The number of hydrogen-bond acceptors (Lipinski definition) is 5. The number of amides is 1. The van der Waals surface area contributed by atoms with E-state index in [2.05, 4.69) is 10.4 Å². The van der Waals surface area contributed by atoms with E-state index >= 15 is 0 Å². The van der Waals surface area contributed by atoms with Crippen LogP contribution in [-0.2, 0) is 16.1 Å². The summed E-state index contributed by atoms with van der Waals surface area (Å²) < 4.78 is 12.2. The summed E-state index contributed by atoms with van der Waals surface area (Å²) in [5.41, 5.74) is 3.18. The number of benzene rings is 3. The van der Waals surface area contributed by atoms with Crippen LogP contribution in [-0.4, -0.2) is 28.8 Å². The summed E-state index contributed by atoms with van der Waals surface area (Å²) in [6.45, 7) is 1.96. The van der Waals surface area contributed by atoms with E-state index in [1.54, 1.807) is 24.3 Å². The molecule has 0 fully saturated rings. The molecule has 166 valence electrons. The highest BCUT2D eigenvalue weighted by Crippen LogP contribution is 2.29. The molecule has 4 rings (SSSR count). The fraction of sp³-hybridized carbons (Fsp3) is 0.115. The molecule has 1 heterocycles. The van der Waals surface area contributed by atoms with Gasteiger partial charge in [0.05, 0.1) is 19.3 Å². The number of carbonyl (C=O) groups is 2. The highest BCUT2D eigenvalue weighted by atomic mass is 16.6. The minimum Gasteiger partial charge on any atom is -0.493 e. The van der Waals surface area contributed by atoms with E-state index in [0.717, 1.165) is 16.5 Å². The lowest BCUT2D eigenvalue weighted by atomic mass is 10.2. The lowest BCUT2D eigenvalue weighted by Crippen LogP contribution is -2.08. The van der Waals surface area contributed by atoms with Crippen molar-refractivity contribution in [1.29, 1.82) is 0 Å². The Bertz CT molecular complexity index is 1330. The number of nitrogens with zero attached hydrogens (tertiary/aromatic N) is 2. The minimum absolute atomic E-state index is 0.293. The standard InChI is InChI=1S/C26H23N3O4/c1-18(30)33-24-15-19(11-13-23(24)32-2)12-14-25(31)27-22-10-6-9-21-17-29(28-26(21)22)16-20-7-4-3-5-8-20/h3-15,17H,16H2,1-2H3,(H,27,31). The van der Waals surface area contributed by atoms with Gasteiger partial charge < -0.3 is 14.8 Å². The zero-order valence-electron chi connectivity index (χ0n) is 18.3. The van der Waals surface area contributed by atoms with Gasteiger partial charge in [0.15, 0.2) is 11.5 Å². The highest BCUT2D eigenvalue weighted by Gasteiger charge is 2.10. The van der Waals surface area contributed by atoms with Crippen LogP contribution in [0, 0.1) is 0 Å².